The van der Waals surface area contributed by atoms with Crippen molar-refractivity contribution >= 4 is 17.8 Å². The van der Waals surface area contributed by atoms with Gasteiger partial charge in [-0.15, -0.1) is 0 Å². The van der Waals surface area contributed by atoms with Gasteiger partial charge in [-0.25, -0.2) is 4.79 Å². The van der Waals surface area contributed by atoms with E-state index in [0.717, 1.165) is 25.7 Å². The number of amides is 2. The molecule has 4 N–H and O–H groups in total. The molecule has 0 bridgehead atoms. The van der Waals surface area contributed by atoms with Crippen LogP contribution in [0.3, 0.4) is 0 Å². The summed E-state index contributed by atoms with van der Waals surface area (Å²) in [4.78, 5) is 36.4. The lowest BCUT2D eigenvalue weighted by Crippen LogP contribution is -2.54. The van der Waals surface area contributed by atoms with Crippen LogP contribution < -0.4 is 11.1 Å². The predicted molar refractivity (Wildman–Crippen MR) is 98.3 cm³/mol. The van der Waals surface area contributed by atoms with Gasteiger partial charge in [-0.1, -0.05) is 32.1 Å². The van der Waals surface area contributed by atoms with Crippen LogP contribution in [0.4, 0.5) is 4.79 Å². The second-order valence-electron chi connectivity index (χ2n) is 8.79. The Balaban J connectivity index is 2.92. The number of hydrogen-bond acceptors (Lipinski definition) is 5. The van der Waals surface area contributed by atoms with Crippen LogP contribution in [-0.2, 0) is 14.3 Å². The fraction of sp³-hybridized carbons (Fsp3) is 0.842. The van der Waals surface area contributed by atoms with Gasteiger partial charge in [-0.05, 0) is 47.0 Å². The maximum Gasteiger partial charge on any atom is 0.407 e. The van der Waals surface area contributed by atoms with E-state index >= 15 is 0 Å². The molecule has 2 unspecified atom stereocenters. The van der Waals surface area contributed by atoms with E-state index in [4.69, 9.17) is 10.5 Å². The molecule has 150 valence electrons. The molecule has 2 amide bonds. The summed E-state index contributed by atoms with van der Waals surface area (Å²) in [6.07, 6.45) is 3.60. The molecule has 1 aliphatic rings. The lowest BCUT2D eigenvalue weighted by atomic mass is 9.78. The Kier molecular flexibility index (Phi) is 7.62. The molecule has 0 heterocycles. The number of carbonyl (C=O) groups is 3. The topological polar surface area (TPSA) is 119 Å². The summed E-state index contributed by atoms with van der Waals surface area (Å²) in [6, 6.07) is -0.820. The van der Waals surface area contributed by atoms with E-state index in [2.05, 4.69) is 5.32 Å². The first kappa shape index (κ1) is 22.4. The van der Waals surface area contributed by atoms with Gasteiger partial charge in [0.2, 0.25) is 5.91 Å². The lowest BCUT2D eigenvalue weighted by Gasteiger charge is -2.32. The molecule has 26 heavy (non-hydrogen) atoms. The number of ketones is 1. The molecule has 2 atom stereocenters. The van der Waals surface area contributed by atoms with Gasteiger partial charge in [0.15, 0.2) is 5.78 Å². The Morgan fingerprint density at radius 1 is 1.12 bits per heavy atom. The van der Waals surface area contributed by atoms with Crippen LogP contribution in [0, 0.1) is 11.3 Å². The largest absolute Gasteiger partial charge is 0.444 e. The van der Waals surface area contributed by atoms with Crippen LogP contribution in [0.25, 0.3) is 0 Å². The van der Waals surface area contributed by atoms with Gasteiger partial charge in [0.25, 0.3) is 0 Å². The minimum atomic E-state index is -1.52. The molecule has 0 aromatic rings. The van der Waals surface area contributed by atoms with E-state index in [-0.39, 0.29) is 0 Å². The number of Topliss-reactive ketones (excluding diaryl/α,β-unsaturated/α-hetero) is 1. The number of aliphatic hydroxyl groups excluding tert-OH is 1. The van der Waals surface area contributed by atoms with Gasteiger partial charge in [-0.3, -0.25) is 9.59 Å². The van der Waals surface area contributed by atoms with Crippen molar-refractivity contribution in [3.05, 3.63) is 0 Å². The van der Waals surface area contributed by atoms with Crippen molar-refractivity contribution in [1.82, 2.24) is 5.32 Å². The minimum Gasteiger partial charge on any atom is -0.444 e. The fourth-order valence-corrected chi connectivity index (χ4v) is 3.18. The highest BCUT2D eigenvalue weighted by Gasteiger charge is 2.42. The van der Waals surface area contributed by atoms with Crippen LogP contribution in [0.1, 0.15) is 73.1 Å². The highest BCUT2D eigenvalue weighted by Crippen LogP contribution is 2.29. The lowest BCUT2D eigenvalue weighted by molar-refractivity contribution is -0.144. The molecule has 0 radical (unpaired) electrons. The van der Waals surface area contributed by atoms with Gasteiger partial charge in [0.05, 0.1) is 6.04 Å². The van der Waals surface area contributed by atoms with E-state index in [1.807, 2.05) is 0 Å². The van der Waals surface area contributed by atoms with Gasteiger partial charge < -0.3 is 20.9 Å². The van der Waals surface area contributed by atoms with E-state index < -0.39 is 40.9 Å². The van der Waals surface area contributed by atoms with Crippen molar-refractivity contribution < 1.29 is 24.2 Å². The average Bonchev–Trinajstić information content (AvgIpc) is 2.51. The van der Waals surface area contributed by atoms with Crippen molar-refractivity contribution in [3.63, 3.8) is 0 Å². The van der Waals surface area contributed by atoms with E-state index in [1.165, 1.54) is 20.3 Å². The van der Waals surface area contributed by atoms with Crippen LogP contribution in [0.5, 0.6) is 0 Å². The Hall–Kier alpha value is -1.63. The van der Waals surface area contributed by atoms with Crippen LogP contribution in [0.2, 0.25) is 0 Å². The first-order chi connectivity index (χ1) is 11.8. The second kappa shape index (κ2) is 8.84. The highest BCUT2D eigenvalue weighted by atomic mass is 16.6. The smallest absolute Gasteiger partial charge is 0.407 e. The summed E-state index contributed by atoms with van der Waals surface area (Å²) in [5, 5.41) is 13.2. The first-order valence-corrected chi connectivity index (χ1v) is 9.36. The SMILES string of the molecule is CC(C)(C)OC(=O)NC(CC1CCCCC1)C(O)C(=O)C(C)(C)C(N)=O. The zero-order valence-corrected chi connectivity index (χ0v) is 16.6. The number of nitrogens with one attached hydrogen (secondary N) is 1. The van der Waals surface area contributed by atoms with Crippen molar-refractivity contribution in [2.75, 3.05) is 0 Å². The van der Waals surface area contributed by atoms with Crippen LogP contribution >= 0.6 is 0 Å². The third-order valence-electron chi connectivity index (χ3n) is 4.90. The Morgan fingerprint density at radius 2 is 1.65 bits per heavy atom. The molecule has 7 heteroatoms. The summed E-state index contributed by atoms with van der Waals surface area (Å²) in [6.45, 7) is 7.97. The van der Waals surface area contributed by atoms with E-state index in [9.17, 15) is 19.5 Å². The molecule has 0 spiro atoms. The number of nitrogens with two attached hydrogens (primary N) is 1. The molecule has 1 aliphatic carbocycles. The number of aliphatic hydroxyl groups is 1. The highest BCUT2D eigenvalue weighted by molar-refractivity contribution is 6.06. The zero-order valence-electron chi connectivity index (χ0n) is 16.6. The van der Waals surface area contributed by atoms with E-state index in [0.29, 0.717) is 12.3 Å². The summed E-state index contributed by atoms with van der Waals surface area (Å²) < 4.78 is 5.26. The quantitative estimate of drug-likeness (QED) is 0.594. The summed E-state index contributed by atoms with van der Waals surface area (Å²) >= 11 is 0. The van der Waals surface area contributed by atoms with Gasteiger partial charge in [-0.2, -0.15) is 0 Å². The first-order valence-electron chi connectivity index (χ1n) is 9.36. The maximum absolute atomic E-state index is 12.6. The summed E-state index contributed by atoms with van der Waals surface area (Å²) in [7, 11) is 0. The Morgan fingerprint density at radius 3 is 2.12 bits per heavy atom. The van der Waals surface area contributed by atoms with Gasteiger partial charge in [0.1, 0.15) is 17.1 Å². The molecular formula is C19H34N2O5. The standard InChI is InChI=1S/C19H34N2O5/c1-18(2,3)26-17(25)21-13(11-12-9-7-6-8-10-12)14(22)15(23)19(4,5)16(20)24/h12-14,22H,6-11H2,1-5H3,(H2,20,24)(H,21,25). The number of carbonyl (C=O) groups excluding carboxylic acids is 3. The molecule has 1 rings (SSSR count). The molecule has 7 nitrogen and oxygen atoms in total. The molecule has 1 saturated carbocycles. The monoisotopic (exact) mass is 370 g/mol. The zero-order chi connectivity index (χ0) is 20.1. The number of alkyl carbamates (subject to hydrolysis) is 1. The normalized spacial score (nSPS) is 18.7. The fourth-order valence-electron chi connectivity index (χ4n) is 3.18. The molecule has 1 fully saturated rings. The third kappa shape index (κ3) is 6.59. The minimum absolute atomic E-state index is 0.308. The molecule has 0 saturated heterocycles. The number of ether oxygens (including phenoxy) is 1. The molecule has 0 aromatic heterocycles. The Bertz CT molecular complexity index is 519. The van der Waals surface area contributed by atoms with Crippen LogP contribution in [0.15, 0.2) is 0 Å². The third-order valence-corrected chi connectivity index (χ3v) is 4.90. The summed E-state index contributed by atoms with van der Waals surface area (Å²) in [5.74, 6) is -1.19. The molecule has 0 aliphatic heterocycles. The average molecular weight is 370 g/mol. The van der Waals surface area contributed by atoms with Crippen molar-refractivity contribution in [3.8, 4) is 0 Å². The number of rotatable bonds is 7. The van der Waals surface area contributed by atoms with Crippen molar-refractivity contribution in [1.29, 1.82) is 0 Å². The number of hydrogen-bond donors (Lipinski definition) is 3. The van der Waals surface area contributed by atoms with Crippen LogP contribution in [-0.4, -0.2) is 40.6 Å². The molecular weight excluding hydrogens is 336 g/mol. The molecule has 0 aromatic carbocycles. The van der Waals surface area contributed by atoms with E-state index in [1.54, 1.807) is 20.8 Å². The predicted octanol–water partition coefficient (Wildman–Crippen LogP) is 2.29. The maximum atomic E-state index is 12.6. The second-order valence-corrected chi connectivity index (χ2v) is 8.79. The summed E-state index contributed by atoms with van der Waals surface area (Å²) in [5.41, 5.74) is 3.09. The van der Waals surface area contributed by atoms with Gasteiger partial charge >= 0.3 is 6.09 Å². The van der Waals surface area contributed by atoms with Crippen molar-refractivity contribution in [2.45, 2.75) is 90.9 Å². The number of primary amides is 1. The van der Waals surface area contributed by atoms with Crippen molar-refractivity contribution in [2.24, 2.45) is 17.1 Å². The van der Waals surface area contributed by atoms with Gasteiger partial charge in [0, 0.05) is 0 Å². The Labute approximate surface area is 156 Å².